The van der Waals surface area contributed by atoms with Crippen LogP contribution in [0.1, 0.15) is 382 Å². The Kier molecular flexibility index (Phi) is 64.6. The number of unbranched alkanes of at least 4 members (excludes halogenated alkanes) is 42. The third-order valence-electron chi connectivity index (χ3n) is 17.6. The molecule has 19 heteroatoms. The number of ether oxygens (including phenoxy) is 4. The van der Waals surface area contributed by atoms with Gasteiger partial charge in [-0.2, -0.15) is 0 Å². The van der Waals surface area contributed by atoms with Crippen LogP contribution < -0.4 is 0 Å². The summed E-state index contributed by atoms with van der Waals surface area (Å²) in [5.41, 5.74) is 0. The average molecular weight is 1370 g/mol. The monoisotopic (exact) mass is 1370 g/mol. The molecule has 3 unspecified atom stereocenters. The zero-order chi connectivity index (χ0) is 68.6. The number of carbonyl (C=O) groups is 4. The number of phosphoric ester groups is 2. The first kappa shape index (κ1) is 91.1. The Hall–Kier alpha value is -1.94. The highest BCUT2D eigenvalue weighted by Gasteiger charge is 2.30. The van der Waals surface area contributed by atoms with Crippen LogP contribution >= 0.6 is 15.6 Å². The van der Waals surface area contributed by atoms with E-state index in [1.165, 1.54) is 193 Å². The van der Waals surface area contributed by atoms with Crippen LogP contribution in [0.15, 0.2) is 0 Å². The maximum atomic E-state index is 13.1. The predicted octanol–water partition coefficient (Wildman–Crippen LogP) is 21.6. The van der Waals surface area contributed by atoms with Gasteiger partial charge in [0.25, 0.3) is 0 Å². The lowest BCUT2D eigenvalue weighted by atomic mass is 10.00. The van der Waals surface area contributed by atoms with Crippen LogP contribution in [0.3, 0.4) is 0 Å². The van der Waals surface area contributed by atoms with Crippen LogP contribution in [0, 0.1) is 11.8 Å². The molecule has 0 saturated carbocycles. The molecule has 0 aromatic carbocycles. The molecule has 0 aromatic heterocycles. The van der Waals surface area contributed by atoms with Crippen LogP contribution in [0.4, 0.5) is 0 Å². The summed E-state index contributed by atoms with van der Waals surface area (Å²) in [5, 5.41) is 10.6. The fourth-order valence-corrected chi connectivity index (χ4v) is 12.8. The van der Waals surface area contributed by atoms with Crippen molar-refractivity contribution in [3.8, 4) is 0 Å². The molecule has 0 aromatic rings. The molecule has 0 spiro atoms. The molecule has 0 fully saturated rings. The number of esters is 4. The highest BCUT2D eigenvalue weighted by Crippen LogP contribution is 2.45. The zero-order valence-electron chi connectivity index (χ0n) is 60.6. The quantitative estimate of drug-likeness (QED) is 0.0222. The van der Waals surface area contributed by atoms with Crippen LogP contribution in [0.25, 0.3) is 0 Å². The Morgan fingerprint density at radius 2 is 0.548 bits per heavy atom. The van der Waals surface area contributed by atoms with Crippen LogP contribution in [0.5, 0.6) is 0 Å². The second-order valence-electron chi connectivity index (χ2n) is 27.4. The molecule has 552 valence electrons. The van der Waals surface area contributed by atoms with Gasteiger partial charge in [-0.3, -0.25) is 37.3 Å². The van der Waals surface area contributed by atoms with E-state index in [2.05, 4.69) is 41.5 Å². The van der Waals surface area contributed by atoms with Gasteiger partial charge in [-0.25, -0.2) is 9.13 Å². The number of hydrogen-bond acceptors (Lipinski definition) is 15. The van der Waals surface area contributed by atoms with Crippen molar-refractivity contribution in [3.63, 3.8) is 0 Å². The number of carbonyl (C=O) groups excluding carboxylic acids is 4. The summed E-state index contributed by atoms with van der Waals surface area (Å²) in [6.45, 7) is 9.57. The molecule has 0 saturated heterocycles. The smallest absolute Gasteiger partial charge is 0.462 e. The molecule has 17 nitrogen and oxygen atoms in total. The van der Waals surface area contributed by atoms with E-state index in [0.717, 1.165) is 108 Å². The van der Waals surface area contributed by atoms with Crippen molar-refractivity contribution < 1.29 is 80.2 Å². The van der Waals surface area contributed by atoms with Crippen molar-refractivity contribution in [2.24, 2.45) is 11.8 Å². The van der Waals surface area contributed by atoms with Crippen molar-refractivity contribution >= 4 is 39.5 Å². The van der Waals surface area contributed by atoms with Gasteiger partial charge in [0.05, 0.1) is 26.4 Å². The highest BCUT2D eigenvalue weighted by molar-refractivity contribution is 7.47. The molecule has 0 aliphatic heterocycles. The number of hydrogen-bond donors (Lipinski definition) is 3. The molecule has 6 atom stereocenters. The number of rotatable bonds is 73. The molecule has 93 heavy (non-hydrogen) atoms. The molecule has 3 N–H and O–H groups in total. The van der Waals surface area contributed by atoms with Crippen molar-refractivity contribution in [1.82, 2.24) is 0 Å². The lowest BCUT2D eigenvalue weighted by molar-refractivity contribution is -0.161. The van der Waals surface area contributed by atoms with Gasteiger partial charge in [-0.15, -0.1) is 0 Å². The van der Waals surface area contributed by atoms with Gasteiger partial charge < -0.3 is 33.8 Å². The first-order chi connectivity index (χ1) is 44.9. The maximum absolute atomic E-state index is 13.1. The third-order valence-corrected chi connectivity index (χ3v) is 19.5. The van der Waals surface area contributed by atoms with E-state index in [9.17, 15) is 43.2 Å². The second-order valence-corrected chi connectivity index (χ2v) is 30.3. The Balaban J connectivity index is 5.24. The fraction of sp³-hybridized carbons (Fsp3) is 0.946. The molecular weight excluding hydrogens is 1220 g/mol. The SMILES string of the molecule is CCCCCCCCCCCCCCCC(=O)OC[C@H](COP(=O)(O)OC[C@@H](O)COP(=O)(O)OC[C@@H](COC(=O)CCCCCCCCC(C)CC)OC(=O)CCCCCCCCCCCCCC)OC(=O)CCCCCCCCCCCCCCCCCC(C)C. The van der Waals surface area contributed by atoms with E-state index in [1.807, 2.05) is 0 Å². The normalized spacial score (nSPS) is 14.3. The minimum absolute atomic E-state index is 0.106. The van der Waals surface area contributed by atoms with Gasteiger partial charge in [0, 0.05) is 25.7 Å². The Labute approximate surface area is 568 Å². The van der Waals surface area contributed by atoms with Gasteiger partial charge in [-0.05, 0) is 37.5 Å². The van der Waals surface area contributed by atoms with E-state index >= 15 is 0 Å². The molecule has 0 rings (SSSR count). The second kappa shape index (κ2) is 66.0. The number of aliphatic hydroxyl groups excluding tert-OH is 1. The Bertz CT molecular complexity index is 1810. The van der Waals surface area contributed by atoms with Crippen molar-refractivity contribution in [3.05, 3.63) is 0 Å². The summed E-state index contributed by atoms with van der Waals surface area (Å²) in [6, 6.07) is 0. The third kappa shape index (κ3) is 67.0. The lowest BCUT2D eigenvalue weighted by Crippen LogP contribution is -2.30. The fourth-order valence-electron chi connectivity index (χ4n) is 11.3. The minimum Gasteiger partial charge on any atom is -0.462 e. The molecule has 0 heterocycles. The van der Waals surface area contributed by atoms with E-state index in [4.69, 9.17) is 37.0 Å². The zero-order valence-corrected chi connectivity index (χ0v) is 62.3. The standard InChI is InChI=1S/C74H144O17P2/c1-7-10-12-14-16-18-20-25-30-33-37-44-50-56-71(76)84-62-69(90-74(79)59-53-47-39-35-31-27-24-22-23-26-28-32-36-42-48-54-66(4)5)64-88-92(80,81)86-60-68(75)61-87-93(82,83)89-65-70(63-85-72(77)57-51-45-41-40-43-49-55-67(6)9-3)91-73(78)58-52-46-38-34-29-21-19-17-15-13-11-8-2/h66-70,75H,7-65H2,1-6H3,(H,80,81)(H,82,83)/t67?,68-,69-,70-/m1/s1. The summed E-state index contributed by atoms with van der Waals surface area (Å²) in [6.07, 6.45) is 52.6. The van der Waals surface area contributed by atoms with Crippen LogP contribution in [0.2, 0.25) is 0 Å². The molecule has 0 radical (unpaired) electrons. The van der Waals surface area contributed by atoms with Crippen molar-refractivity contribution in [1.29, 1.82) is 0 Å². The van der Waals surface area contributed by atoms with E-state index < -0.39 is 97.5 Å². The van der Waals surface area contributed by atoms with Gasteiger partial charge in [0.1, 0.15) is 19.3 Å². The first-order valence-electron chi connectivity index (χ1n) is 38.5. The van der Waals surface area contributed by atoms with E-state index in [-0.39, 0.29) is 25.7 Å². The summed E-state index contributed by atoms with van der Waals surface area (Å²) in [4.78, 5) is 72.7. The van der Waals surface area contributed by atoms with Gasteiger partial charge in [-0.1, -0.05) is 330 Å². The van der Waals surface area contributed by atoms with Gasteiger partial charge in [0.2, 0.25) is 0 Å². The van der Waals surface area contributed by atoms with E-state index in [1.54, 1.807) is 0 Å². The molecule has 0 amide bonds. The summed E-state index contributed by atoms with van der Waals surface area (Å²) >= 11 is 0. The number of aliphatic hydroxyl groups is 1. The Morgan fingerprint density at radius 1 is 0.312 bits per heavy atom. The largest absolute Gasteiger partial charge is 0.472 e. The summed E-state index contributed by atoms with van der Waals surface area (Å²) < 4.78 is 68.4. The average Bonchev–Trinajstić information content (AvgIpc) is 2.15. The first-order valence-corrected chi connectivity index (χ1v) is 41.5. The van der Waals surface area contributed by atoms with Gasteiger partial charge in [0.15, 0.2) is 12.2 Å². The predicted molar refractivity (Wildman–Crippen MR) is 377 cm³/mol. The molecule has 0 bridgehead atoms. The van der Waals surface area contributed by atoms with Crippen LogP contribution in [-0.2, 0) is 65.4 Å². The topological polar surface area (TPSA) is 237 Å². The molecule has 0 aliphatic carbocycles. The molecule has 0 aliphatic rings. The van der Waals surface area contributed by atoms with E-state index in [0.29, 0.717) is 25.7 Å². The molecular formula is C74H144O17P2. The lowest BCUT2D eigenvalue weighted by Gasteiger charge is -2.21. The summed E-state index contributed by atoms with van der Waals surface area (Å²) in [5.74, 6) is -0.583. The van der Waals surface area contributed by atoms with Crippen molar-refractivity contribution in [2.45, 2.75) is 400 Å². The minimum atomic E-state index is -4.96. The van der Waals surface area contributed by atoms with Crippen LogP contribution in [-0.4, -0.2) is 96.7 Å². The summed E-state index contributed by atoms with van der Waals surface area (Å²) in [7, 11) is -9.91. The maximum Gasteiger partial charge on any atom is 0.472 e. The Morgan fingerprint density at radius 3 is 0.817 bits per heavy atom. The number of phosphoric acid groups is 2. The van der Waals surface area contributed by atoms with Crippen molar-refractivity contribution in [2.75, 3.05) is 39.6 Å². The van der Waals surface area contributed by atoms with Gasteiger partial charge >= 0.3 is 39.5 Å². The highest BCUT2D eigenvalue weighted by atomic mass is 31.2.